The number of fused-ring (bicyclic) bond motifs is 2. The van der Waals surface area contributed by atoms with Gasteiger partial charge in [-0.3, -0.25) is 4.79 Å². The maximum atomic E-state index is 13.3. The van der Waals surface area contributed by atoms with Crippen LogP contribution in [0.4, 0.5) is 18.9 Å². The van der Waals surface area contributed by atoms with Gasteiger partial charge in [0.05, 0.1) is 17.8 Å². The summed E-state index contributed by atoms with van der Waals surface area (Å²) in [5.41, 5.74) is 0.941. The highest BCUT2D eigenvalue weighted by Gasteiger charge is 2.38. The van der Waals surface area contributed by atoms with Crippen molar-refractivity contribution in [2.75, 3.05) is 0 Å². The van der Waals surface area contributed by atoms with Crippen molar-refractivity contribution in [2.45, 2.75) is 25.6 Å². The Hall–Kier alpha value is -2.90. The summed E-state index contributed by atoms with van der Waals surface area (Å²) in [6.45, 7) is 0.362. The van der Waals surface area contributed by atoms with Crippen molar-refractivity contribution < 1.29 is 18.0 Å². The number of halogens is 4. The van der Waals surface area contributed by atoms with Crippen LogP contribution in [-0.4, -0.2) is 16.5 Å². The van der Waals surface area contributed by atoms with Crippen LogP contribution in [0.2, 0.25) is 5.02 Å². The first kappa shape index (κ1) is 21.0. The molecule has 2 aromatic carbocycles. The minimum atomic E-state index is -4.47. The van der Waals surface area contributed by atoms with Crippen molar-refractivity contribution in [3.8, 4) is 0 Å². The van der Waals surface area contributed by atoms with Crippen LogP contribution in [0, 0.1) is 0 Å². The SMILES string of the molecule is O=C1C(=Nc2cccc(C(F)(F)F)c2)C2=CCCC=C2N1Cc1cc2cc(Cl)ccc2s1. The van der Waals surface area contributed by atoms with Crippen LogP contribution in [0.3, 0.4) is 0 Å². The summed E-state index contributed by atoms with van der Waals surface area (Å²) in [7, 11) is 0. The van der Waals surface area contributed by atoms with Crippen molar-refractivity contribution in [3.63, 3.8) is 0 Å². The number of rotatable bonds is 3. The summed E-state index contributed by atoms with van der Waals surface area (Å²) in [5.74, 6) is -0.308. The molecule has 2 heterocycles. The molecule has 1 aliphatic carbocycles. The van der Waals surface area contributed by atoms with Gasteiger partial charge in [0, 0.05) is 25.9 Å². The number of thiophene rings is 1. The highest BCUT2D eigenvalue weighted by molar-refractivity contribution is 7.19. The molecule has 1 saturated heterocycles. The lowest BCUT2D eigenvalue weighted by Crippen LogP contribution is -2.25. The average molecular weight is 473 g/mol. The Morgan fingerprint density at radius 2 is 1.88 bits per heavy atom. The second kappa shape index (κ2) is 7.90. The number of carbonyl (C=O) groups is 1. The molecule has 0 N–H and O–H groups in total. The third-order valence-corrected chi connectivity index (χ3v) is 6.72. The largest absolute Gasteiger partial charge is 0.416 e. The zero-order valence-electron chi connectivity index (χ0n) is 16.6. The van der Waals surface area contributed by atoms with Crippen molar-refractivity contribution in [1.82, 2.24) is 4.90 Å². The van der Waals surface area contributed by atoms with Gasteiger partial charge in [-0.05, 0) is 60.7 Å². The van der Waals surface area contributed by atoms with E-state index >= 15 is 0 Å². The van der Waals surface area contributed by atoms with Gasteiger partial charge in [-0.25, -0.2) is 4.99 Å². The first-order valence-electron chi connectivity index (χ1n) is 9.96. The van der Waals surface area contributed by atoms with Crippen molar-refractivity contribution in [1.29, 1.82) is 0 Å². The van der Waals surface area contributed by atoms with E-state index in [0.29, 0.717) is 17.1 Å². The van der Waals surface area contributed by atoms with E-state index in [0.717, 1.165) is 45.6 Å². The number of allylic oxidation sites excluding steroid dienone is 3. The zero-order chi connectivity index (χ0) is 22.5. The molecule has 0 bridgehead atoms. The molecule has 5 rings (SSSR count). The van der Waals surface area contributed by atoms with Crippen LogP contribution < -0.4 is 0 Å². The lowest BCUT2D eigenvalue weighted by Gasteiger charge is -2.18. The third kappa shape index (κ3) is 3.87. The number of hydrogen-bond acceptors (Lipinski definition) is 3. The Bertz CT molecular complexity index is 1340. The third-order valence-electron chi connectivity index (χ3n) is 5.38. The van der Waals surface area contributed by atoms with Crippen LogP contribution in [0.1, 0.15) is 23.3 Å². The first-order chi connectivity index (χ1) is 15.3. The molecule has 1 aliphatic heterocycles. The van der Waals surface area contributed by atoms with Crippen molar-refractivity contribution in [2.24, 2.45) is 4.99 Å². The predicted molar refractivity (Wildman–Crippen MR) is 121 cm³/mol. The van der Waals surface area contributed by atoms with Crippen molar-refractivity contribution >= 4 is 50.3 Å². The molecule has 2 aliphatic rings. The van der Waals surface area contributed by atoms with Crippen LogP contribution in [0.25, 0.3) is 10.1 Å². The summed E-state index contributed by atoms with van der Waals surface area (Å²) in [5, 5.41) is 1.66. The molecule has 0 spiro atoms. The molecule has 162 valence electrons. The zero-order valence-corrected chi connectivity index (χ0v) is 18.2. The van der Waals surface area contributed by atoms with E-state index in [1.807, 2.05) is 36.4 Å². The number of likely N-dealkylation sites (tertiary alicyclic amines) is 1. The van der Waals surface area contributed by atoms with Gasteiger partial charge in [-0.15, -0.1) is 11.3 Å². The van der Waals surface area contributed by atoms with E-state index in [2.05, 4.69) is 4.99 Å². The number of nitrogens with zero attached hydrogens (tertiary/aromatic N) is 2. The Balaban J connectivity index is 1.51. The summed E-state index contributed by atoms with van der Waals surface area (Å²) in [4.78, 5) is 20.3. The molecule has 0 atom stereocenters. The lowest BCUT2D eigenvalue weighted by atomic mass is 10.0. The second-order valence-electron chi connectivity index (χ2n) is 7.58. The molecule has 8 heteroatoms. The van der Waals surface area contributed by atoms with Gasteiger partial charge in [0.1, 0.15) is 5.71 Å². The molecular formula is C24H16ClF3N2OS. The van der Waals surface area contributed by atoms with Crippen LogP contribution in [0.15, 0.2) is 76.9 Å². The molecule has 1 amide bonds. The fourth-order valence-corrected chi connectivity index (χ4v) is 5.15. The van der Waals surface area contributed by atoms with Gasteiger partial charge in [-0.2, -0.15) is 13.2 Å². The number of carbonyl (C=O) groups excluding carboxylic acids is 1. The van der Waals surface area contributed by atoms with E-state index in [-0.39, 0.29) is 17.3 Å². The minimum Gasteiger partial charge on any atom is -0.301 e. The summed E-state index contributed by atoms with van der Waals surface area (Å²) in [6, 6.07) is 12.4. The smallest absolute Gasteiger partial charge is 0.301 e. The van der Waals surface area contributed by atoms with E-state index in [4.69, 9.17) is 11.6 Å². The molecule has 32 heavy (non-hydrogen) atoms. The molecule has 0 radical (unpaired) electrons. The molecular weight excluding hydrogens is 457 g/mol. The highest BCUT2D eigenvalue weighted by Crippen LogP contribution is 2.37. The summed E-state index contributed by atoms with van der Waals surface area (Å²) >= 11 is 7.67. The quantitative estimate of drug-likeness (QED) is 0.394. The summed E-state index contributed by atoms with van der Waals surface area (Å²) < 4.78 is 40.3. The van der Waals surface area contributed by atoms with E-state index < -0.39 is 11.7 Å². The first-order valence-corrected chi connectivity index (χ1v) is 11.2. The minimum absolute atomic E-state index is 0.104. The summed E-state index contributed by atoms with van der Waals surface area (Å²) in [6.07, 6.45) is 1.00. The monoisotopic (exact) mass is 472 g/mol. The number of aliphatic imine (C=N–C) groups is 1. The topological polar surface area (TPSA) is 32.7 Å². The van der Waals surface area contributed by atoms with Crippen LogP contribution in [-0.2, 0) is 17.5 Å². The van der Waals surface area contributed by atoms with Gasteiger partial charge in [0.25, 0.3) is 5.91 Å². The number of benzene rings is 2. The molecule has 3 aromatic rings. The van der Waals surface area contributed by atoms with Crippen LogP contribution in [0.5, 0.6) is 0 Å². The molecule has 0 unspecified atom stereocenters. The highest BCUT2D eigenvalue weighted by atomic mass is 35.5. The lowest BCUT2D eigenvalue weighted by molar-refractivity contribution is -0.137. The number of hydrogen-bond donors (Lipinski definition) is 0. The van der Waals surface area contributed by atoms with E-state index in [1.165, 1.54) is 12.1 Å². The number of alkyl halides is 3. The average Bonchev–Trinajstić information content (AvgIpc) is 3.27. The molecule has 0 saturated carbocycles. The predicted octanol–water partition coefficient (Wildman–Crippen LogP) is 7.29. The molecule has 1 fully saturated rings. The Morgan fingerprint density at radius 1 is 1.06 bits per heavy atom. The molecule has 3 nitrogen and oxygen atoms in total. The molecule has 1 aromatic heterocycles. The standard InChI is InChI=1S/C24H16ClF3N2OS/c25-16-8-9-21-14(10-16)11-18(32-21)13-30-20-7-2-1-6-19(20)22(23(30)31)29-17-5-3-4-15(12-17)24(26,27)28/h3-12H,1-2,13H2. The normalized spacial score (nSPS) is 17.7. The number of amides is 1. The fourth-order valence-electron chi connectivity index (χ4n) is 3.94. The van der Waals surface area contributed by atoms with Crippen molar-refractivity contribution in [3.05, 3.63) is 87.4 Å². The maximum Gasteiger partial charge on any atom is 0.416 e. The van der Waals surface area contributed by atoms with Gasteiger partial charge in [0.2, 0.25) is 0 Å². The Labute approximate surface area is 191 Å². The van der Waals surface area contributed by atoms with Gasteiger partial charge in [0.15, 0.2) is 0 Å². The van der Waals surface area contributed by atoms with E-state index in [9.17, 15) is 18.0 Å². The fraction of sp³-hybridized carbons (Fsp3) is 0.167. The van der Waals surface area contributed by atoms with Gasteiger partial charge in [-0.1, -0.05) is 29.8 Å². The van der Waals surface area contributed by atoms with Crippen LogP contribution >= 0.6 is 22.9 Å². The van der Waals surface area contributed by atoms with Gasteiger partial charge >= 0.3 is 6.18 Å². The maximum absolute atomic E-state index is 13.3. The Morgan fingerprint density at radius 3 is 2.69 bits per heavy atom. The Kier molecular flexibility index (Phi) is 5.18. The van der Waals surface area contributed by atoms with E-state index in [1.54, 1.807) is 16.2 Å². The van der Waals surface area contributed by atoms with Gasteiger partial charge < -0.3 is 4.90 Å². The second-order valence-corrected chi connectivity index (χ2v) is 9.18.